The number of hydrogen-bond donors (Lipinski definition) is 0. The van der Waals surface area contributed by atoms with E-state index in [0.29, 0.717) is 12.2 Å². The molecule has 15 heavy (non-hydrogen) atoms. The van der Waals surface area contributed by atoms with Gasteiger partial charge in [0.25, 0.3) is 0 Å². The van der Waals surface area contributed by atoms with E-state index in [0.717, 1.165) is 0 Å². The molecule has 1 aromatic carbocycles. The second-order valence-electron chi connectivity index (χ2n) is 3.60. The van der Waals surface area contributed by atoms with Crippen LogP contribution in [0.4, 0.5) is 4.39 Å². The van der Waals surface area contributed by atoms with Gasteiger partial charge in [0.15, 0.2) is 9.84 Å². The van der Waals surface area contributed by atoms with E-state index in [4.69, 9.17) is 4.74 Å². The molecule has 5 heteroatoms. The molecule has 82 valence electrons. The molecule has 0 spiro atoms. The van der Waals surface area contributed by atoms with Gasteiger partial charge in [-0.2, -0.15) is 0 Å². The number of rotatable bonds is 2. The predicted octanol–water partition coefficient (Wildman–Crippen LogP) is 1.39. The van der Waals surface area contributed by atoms with Gasteiger partial charge in [-0.3, -0.25) is 0 Å². The number of sulfone groups is 1. The maximum absolute atomic E-state index is 12.8. The maximum atomic E-state index is 12.8. The minimum absolute atomic E-state index is 0.0313. The lowest BCUT2D eigenvalue weighted by Gasteiger charge is -2.11. The van der Waals surface area contributed by atoms with Crippen molar-refractivity contribution >= 4 is 9.84 Å². The summed E-state index contributed by atoms with van der Waals surface area (Å²) in [6, 6.07) is 5.73. The first-order valence-electron chi connectivity index (χ1n) is 4.68. The molecule has 2 rings (SSSR count). The van der Waals surface area contributed by atoms with Crippen molar-refractivity contribution in [1.29, 1.82) is 0 Å². The molecule has 1 aliphatic heterocycles. The summed E-state index contributed by atoms with van der Waals surface area (Å²) in [5.74, 6) is 0.196. The topological polar surface area (TPSA) is 43.4 Å². The average molecular weight is 230 g/mol. The van der Waals surface area contributed by atoms with Crippen LogP contribution in [-0.2, 0) is 9.84 Å². The lowest BCUT2D eigenvalue weighted by Crippen LogP contribution is -2.17. The number of halogens is 1. The lowest BCUT2D eigenvalue weighted by molar-refractivity contribution is 0.228. The highest BCUT2D eigenvalue weighted by Gasteiger charge is 2.29. The minimum atomic E-state index is -2.94. The van der Waals surface area contributed by atoms with Crippen LogP contribution in [-0.4, -0.2) is 26.0 Å². The van der Waals surface area contributed by atoms with Crippen molar-refractivity contribution in [2.75, 3.05) is 11.5 Å². The average Bonchev–Trinajstić information content (AvgIpc) is 2.45. The number of benzene rings is 1. The Morgan fingerprint density at radius 1 is 1.40 bits per heavy atom. The molecule has 1 atom stereocenters. The van der Waals surface area contributed by atoms with Gasteiger partial charge in [-0.15, -0.1) is 0 Å². The molecule has 1 fully saturated rings. The van der Waals surface area contributed by atoms with Crippen molar-refractivity contribution < 1.29 is 17.5 Å². The van der Waals surface area contributed by atoms with E-state index < -0.39 is 9.84 Å². The van der Waals surface area contributed by atoms with Gasteiger partial charge in [-0.25, -0.2) is 12.8 Å². The Bertz CT molecular complexity index is 455. The van der Waals surface area contributed by atoms with Gasteiger partial charge in [0.05, 0.1) is 11.5 Å². The molecule has 0 bridgehead atoms. The third kappa shape index (κ3) is 2.68. The second kappa shape index (κ2) is 3.81. The number of ether oxygens (including phenoxy) is 1. The fourth-order valence-corrected chi connectivity index (χ4v) is 3.18. The molecule has 0 N–H and O–H groups in total. The Balaban J connectivity index is 2.05. The molecule has 1 aromatic rings. The molecule has 0 radical (unpaired) electrons. The summed E-state index contributed by atoms with van der Waals surface area (Å²) in [7, 11) is -2.94. The fourth-order valence-electron chi connectivity index (χ4n) is 1.59. The van der Waals surface area contributed by atoms with Crippen molar-refractivity contribution in [2.45, 2.75) is 12.5 Å². The highest BCUT2D eigenvalue weighted by Crippen LogP contribution is 2.20. The molecule has 1 aliphatic rings. The maximum Gasteiger partial charge on any atom is 0.154 e. The van der Waals surface area contributed by atoms with Gasteiger partial charge < -0.3 is 4.74 Å². The van der Waals surface area contributed by atoms with E-state index in [1.54, 1.807) is 6.07 Å². The minimum Gasteiger partial charge on any atom is -0.489 e. The SMILES string of the molecule is O=S1(=O)CCC(Oc2cccc(F)c2)C1. The van der Waals surface area contributed by atoms with Crippen molar-refractivity contribution in [3.05, 3.63) is 30.1 Å². The monoisotopic (exact) mass is 230 g/mol. The highest BCUT2D eigenvalue weighted by molar-refractivity contribution is 7.91. The van der Waals surface area contributed by atoms with Crippen LogP contribution in [0.1, 0.15) is 6.42 Å². The van der Waals surface area contributed by atoms with Crippen LogP contribution in [0.25, 0.3) is 0 Å². The van der Waals surface area contributed by atoms with Crippen LogP contribution >= 0.6 is 0 Å². The molecule has 1 heterocycles. The summed E-state index contributed by atoms with van der Waals surface area (Å²) in [5, 5.41) is 0. The van der Waals surface area contributed by atoms with E-state index in [1.807, 2.05) is 0 Å². The van der Waals surface area contributed by atoms with Gasteiger partial charge in [0.2, 0.25) is 0 Å². The zero-order valence-corrected chi connectivity index (χ0v) is 8.84. The quantitative estimate of drug-likeness (QED) is 0.771. The van der Waals surface area contributed by atoms with E-state index in [-0.39, 0.29) is 23.4 Å². The van der Waals surface area contributed by atoms with Crippen LogP contribution in [0.5, 0.6) is 5.75 Å². The third-order valence-corrected chi connectivity index (χ3v) is 4.03. The molecule has 0 amide bonds. The molecule has 1 saturated heterocycles. The van der Waals surface area contributed by atoms with Gasteiger partial charge in [0, 0.05) is 6.07 Å². The van der Waals surface area contributed by atoms with Gasteiger partial charge in [0.1, 0.15) is 17.7 Å². The summed E-state index contributed by atoms with van der Waals surface area (Å²) < 4.78 is 40.5. The van der Waals surface area contributed by atoms with Crippen molar-refractivity contribution in [1.82, 2.24) is 0 Å². The van der Waals surface area contributed by atoms with E-state index >= 15 is 0 Å². The van der Waals surface area contributed by atoms with Gasteiger partial charge in [-0.1, -0.05) is 6.07 Å². The van der Waals surface area contributed by atoms with Crippen LogP contribution in [0.3, 0.4) is 0 Å². The molecule has 0 saturated carbocycles. The Morgan fingerprint density at radius 2 is 2.20 bits per heavy atom. The van der Waals surface area contributed by atoms with Gasteiger partial charge >= 0.3 is 0 Å². The molecular formula is C10H11FO3S. The summed E-state index contributed by atoms with van der Waals surface area (Å²) in [4.78, 5) is 0. The van der Waals surface area contributed by atoms with Crippen LogP contribution in [0, 0.1) is 5.82 Å². The van der Waals surface area contributed by atoms with Crippen molar-refractivity contribution in [3.63, 3.8) is 0 Å². The van der Waals surface area contributed by atoms with Crippen molar-refractivity contribution in [3.8, 4) is 5.75 Å². The third-order valence-electron chi connectivity index (χ3n) is 2.29. The van der Waals surface area contributed by atoms with Gasteiger partial charge in [-0.05, 0) is 18.6 Å². The summed E-state index contributed by atoms with van der Waals surface area (Å²) in [5.41, 5.74) is 0. The lowest BCUT2D eigenvalue weighted by atomic mass is 10.3. The first kappa shape index (κ1) is 10.4. The van der Waals surface area contributed by atoms with E-state index in [1.165, 1.54) is 18.2 Å². The summed E-state index contributed by atoms with van der Waals surface area (Å²) in [6.45, 7) is 0. The molecule has 0 aliphatic carbocycles. The Labute approximate surface area is 87.8 Å². The number of hydrogen-bond acceptors (Lipinski definition) is 3. The Hall–Kier alpha value is -1.10. The standard InChI is InChI=1S/C10H11FO3S/c11-8-2-1-3-9(6-8)14-10-4-5-15(12,13)7-10/h1-3,6,10H,4-5,7H2. The highest BCUT2D eigenvalue weighted by atomic mass is 32.2. The summed E-state index contributed by atoms with van der Waals surface area (Å²) >= 11 is 0. The first-order chi connectivity index (χ1) is 7.05. The fraction of sp³-hybridized carbons (Fsp3) is 0.400. The van der Waals surface area contributed by atoms with E-state index in [2.05, 4.69) is 0 Å². The Kier molecular flexibility index (Phi) is 2.65. The molecule has 3 nitrogen and oxygen atoms in total. The zero-order valence-electron chi connectivity index (χ0n) is 8.02. The summed E-state index contributed by atoms with van der Waals surface area (Å²) in [6.07, 6.45) is 0.149. The molecular weight excluding hydrogens is 219 g/mol. The largest absolute Gasteiger partial charge is 0.489 e. The molecule has 1 unspecified atom stereocenters. The van der Waals surface area contributed by atoms with E-state index in [9.17, 15) is 12.8 Å². The Morgan fingerprint density at radius 3 is 2.80 bits per heavy atom. The van der Waals surface area contributed by atoms with Crippen LogP contribution in [0.2, 0.25) is 0 Å². The van der Waals surface area contributed by atoms with Crippen LogP contribution in [0.15, 0.2) is 24.3 Å². The normalized spacial score (nSPS) is 23.9. The zero-order chi connectivity index (χ0) is 10.9. The molecule has 0 aromatic heterocycles. The van der Waals surface area contributed by atoms with Crippen molar-refractivity contribution in [2.24, 2.45) is 0 Å². The predicted molar refractivity (Wildman–Crippen MR) is 54.1 cm³/mol. The first-order valence-corrected chi connectivity index (χ1v) is 6.50. The van der Waals surface area contributed by atoms with Crippen LogP contribution < -0.4 is 4.74 Å². The smallest absolute Gasteiger partial charge is 0.154 e. The second-order valence-corrected chi connectivity index (χ2v) is 5.83.